The molecule has 1 aromatic carbocycles. The number of benzene rings is 1. The van der Waals surface area contributed by atoms with Gasteiger partial charge in [0, 0.05) is 18.2 Å². The molecule has 0 bridgehead atoms. The third-order valence-electron chi connectivity index (χ3n) is 4.65. The lowest BCUT2D eigenvalue weighted by Crippen LogP contribution is -2.23. The molecule has 128 valence electrons. The Morgan fingerprint density at radius 1 is 1.24 bits per heavy atom. The Kier molecular flexibility index (Phi) is 4.09. The zero-order valence-corrected chi connectivity index (χ0v) is 14.3. The molecule has 4 rings (SSSR count). The van der Waals surface area contributed by atoms with Crippen molar-refractivity contribution < 1.29 is 9.47 Å². The summed E-state index contributed by atoms with van der Waals surface area (Å²) in [5.41, 5.74) is 3.71. The van der Waals surface area contributed by atoms with E-state index in [0.717, 1.165) is 30.2 Å². The quantitative estimate of drug-likeness (QED) is 0.733. The van der Waals surface area contributed by atoms with Gasteiger partial charge in [-0.3, -0.25) is 4.57 Å². The summed E-state index contributed by atoms with van der Waals surface area (Å²) in [5, 5.41) is 7.65. The summed E-state index contributed by atoms with van der Waals surface area (Å²) >= 11 is 0. The normalized spacial score (nSPS) is 16.2. The van der Waals surface area contributed by atoms with Gasteiger partial charge in [-0.25, -0.2) is 4.98 Å². The maximum atomic E-state index is 5.95. The minimum absolute atomic E-state index is 0.446. The van der Waals surface area contributed by atoms with E-state index in [1.807, 2.05) is 22.9 Å². The van der Waals surface area contributed by atoms with Crippen molar-refractivity contribution in [2.24, 2.45) is 5.92 Å². The van der Waals surface area contributed by atoms with Crippen molar-refractivity contribution in [1.82, 2.24) is 19.7 Å². The Hall–Kier alpha value is -2.89. The highest BCUT2D eigenvalue weighted by Gasteiger charge is 2.21. The van der Waals surface area contributed by atoms with Crippen LogP contribution < -0.4 is 9.47 Å². The monoisotopic (exact) mass is 336 g/mol. The van der Waals surface area contributed by atoms with E-state index in [0.29, 0.717) is 12.5 Å². The minimum Gasteiger partial charge on any atom is -0.497 e. The summed E-state index contributed by atoms with van der Waals surface area (Å²) in [6.45, 7) is 2.83. The second kappa shape index (κ2) is 6.55. The first-order valence-corrected chi connectivity index (χ1v) is 8.33. The second-order valence-corrected chi connectivity index (χ2v) is 6.40. The molecule has 0 amide bonds. The largest absolute Gasteiger partial charge is 0.497 e. The smallest absolute Gasteiger partial charge is 0.139 e. The number of ether oxygens (including phenoxy) is 2. The van der Waals surface area contributed by atoms with Gasteiger partial charge in [-0.05, 0) is 48.6 Å². The number of aromatic nitrogens is 4. The van der Waals surface area contributed by atoms with Crippen molar-refractivity contribution in [3.63, 3.8) is 0 Å². The van der Waals surface area contributed by atoms with Gasteiger partial charge < -0.3 is 9.47 Å². The molecule has 0 fully saturated rings. The molecule has 3 heterocycles. The van der Waals surface area contributed by atoms with Crippen molar-refractivity contribution in [2.45, 2.75) is 19.8 Å². The maximum absolute atomic E-state index is 5.95. The predicted molar refractivity (Wildman–Crippen MR) is 93.3 cm³/mol. The van der Waals surface area contributed by atoms with E-state index in [2.05, 4.69) is 34.2 Å². The van der Waals surface area contributed by atoms with Crippen LogP contribution in [0, 0.1) is 12.8 Å². The Morgan fingerprint density at radius 2 is 2.08 bits per heavy atom. The lowest BCUT2D eigenvalue weighted by molar-refractivity contribution is 0.220. The van der Waals surface area contributed by atoms with Crippen LogP contribution in [0.15, 0.2) is 43.1 Å². The molecule has 1 aliphatic heterocycles. The minimum atomic E-state index is 0.446. The van der Waals surface area contributed by atoms with Gasteiger partial charge >= 0.3 is 0 Å². The standard InChI is InChI=1S/C19H20N4O2/c1-13-5-19(23-11-21-22-12-23)20-9-16(13)7-14-6-15-3-4-17(24-2)8-18(15)25-10-14/h3-5,8-9,11-12,14H,6-7,10H2,1-2H3. The first kappa shape index (κ1) is 15.6. The maximum Gasteiger partial charge on any atom is 0.139 e. The Bertz CT molecular complexity index is 877. The highest BCUT2D eigenvalue weighted by atomic mass is 16.5. The van der Waals surface area contributed by atoms with E-state index in [4.69, 9.17) is 9.47 Å². The molecule has 3 aromatic rings. The first-order chi connectivity index (χ1) is 12.2. The molecule has 6 heteroatoms. The molecule has 0 spiro atoms. The van der Waals surface area contributed by atoms with E-state index in [1.54, 1.807) is 19.8 Å². The van der Waals surface area contributed by atoms with Crippen molar-refractivity contribution in [3.05, 3.63) is 59.8 Å². The van der Waals surface area contributed by atoms with Crippen molar-refractivity contribution in [1.29, 1.82) is 0 Å². The number of aryl methyl sites for hydroxylation is 1. The molecule has 0 aliphatic carbocycles. The molecular weight excluding hydrogens is 316 g/mol. The van der Waals surface area contributed by atoms with Crippen LogP contribution in [-0.2, 0) is 12.8 Å². The fraction of sp³-hybridized carbons (Fsp3) is 0.316. The van der Waals surface area contributed by atoms with Gasteiger partial charge in [0.15, 0.2) is 0 Å². The number of nitrogens with zero attached hydrogens (tertiary/aromatic N) is 4. The van der Waals surface area contributed by atoms with E-state index in [-0.39, 0.29) is 0 Å². The fourth-order valence-corrected chi connectivity index (χ4v) is 3.23. The van der Waals surface area contributed by atoms with E-state index >= 15 is 0 Å². The lowest BCUT2D eigenvalue weighted by atomic mass is 9.90. The van der Waals surface area contributed by atoms with Crippen LogP contribution in [-0.4, -0.2) is 33.5 Å². The number of fused-ring (bicyclic) bond motifs is 1. The van der Waals surface area contributed by atoms with Crippen LogP contribution in [0.5, 0.6) is 11.5 Å². The summed E-state index contributed by atoms with van der Waals surface area (Å²) in [7, 11) is 1.67. The third kappa shape index (κ3) is 3.20. The molecule has 0 radical (unpaired) electrons. The SMILES string of the molecule is COc1ccc2c(c1)OCC(Cc1cnc(-n3cnnc3)cc1C)C2. The Morgan fingerprint density at radius 3 is 2.84 bits per heavy atom. The Labute approximate surface area is 146 Å². The highest BCUT2D eigenvalue weighted by Crippen LogP contribution is 2.32. The van der Waals surface area contributed by atoms with Crippen LogP contribution >= 0.6 is 0 Å². The summed E-state index contributed by atoms with van der Waals surface area (Å²) in [5.74, 6) is 3.06. The summed E-state index contributed by atoms with van der Waals surface area (Å²) in [4.78, 5) is 4.54. The van der Waals surface area contributed by atoms with Crippen LogP contribution in [0.1, 0.15) is 16.7 Å². The van der Waals surface area contributed by atoms with Crippen molar-refractivity contribution >= 4 is 0 Å². The van der Waals surface area contributed by atoms with Crippen molar-refractivity contribution in [2.75, 3.05) is 13.7 Å². The zero-order chi connectivity index (χ0) is 17.2. The van der Waals surface area contributed by atoms with E-state index < -0.39 is 0 Å². The second-order valence-electron chi connectivity index (χ2n) is 6.40. The topological polar surface area (TPSA) is 62.1 Å². The zero-order valence-electron chi connectivity index (χ0n) is 14.3. The molecule has 1 aliphatic rings. The van der Waals surface area contributed by atoms with Gasteiger partial charge in [-0.15, -0.1) is 10.2 Å². The van der Waals surface area contributed by atoms with E-state index in [1.165, 1.54) is 16.7 Å². The summed E-state index contributed by atoms with van der Waals surface area (Å²) in [6.07, 6.45) is 7.22. The van der Waals surface area contributed by atoms with Crippen LogP contribution in [0.3, 0.4) is 0 Å². The van der Waals surface area contributed by atoms with Crippen LogP contribution in [0.2, 0.25) is 0 Å². The molecule has 6 nitrogen and oxygen atoms in total. The van der Waals surface area contributed by atoms with Gasteiger partial charge in [0.1, 0.15) is 30.0 Å². The van der Waals surface area contributed by atoms with Crippen LogP contribution in [0.4, 0.5) is 0 Å². The number of methoxy groups -OCH3 is 1. The average Bonchev–Trinajstić information content (AvgIpc) is 3.17. The summed E-state index contributed by atoms with van der Waals surface area (Å²) in [6, 6.07) is 8.12. The number of pyridine rings is 1. The van der Waals surface area contributed by atoms with Gasteiger partial charge in [0.25, 0.3) is 0 Å². The molecular formula is C19H20N4O2. The average molecular weight is 336 g/mol. The van der Waals surface area contributed by atoms with Crippen LogP contribution in [0.25, 0.3) is 5.82 Å². The molecule has 0 N–H and O–H groups in total. The summed E-state index contributed by atoms with van der Waals surface area (Å²) < 4.78 is 13.0. The van der Waals surface area contributed by atoms with Gasteiger partial charge in [-0.2, -0.15) is 0 Å². The lowest BCUT2D eigenvalue weighted by Gasteiger charge is -2.26. The molecule has 1 atom stereocenters. The Balaban J connectivity index is 1.49. The fourth-order valence-electron chi connectivity index (χ4n) is 3.23. The highest BCUT2D eigenvalue weighted by molar-refractivity contribution is 5.42. The van der Waals surface area contributed by atoms with E-state index in [9.17, 15) is 0 Å². The van der Waals surface area contributed by atoms with Gasteiger partial charge in [-0.1, -0.05) is 6.07 Å². The number of rotatable bonds is 4. The molecule has 0 saturated heterocycles. The molecule has 25 heavy (non-hydrogen) atoms. The number of hydrogen-bond acceptors (Lipinski definition) is 5. The van der Waals surface area contributed by atoms with Gasteiger partial charge in [0.05, 0.1) is 13.7 Å². The van der Waals surface area contributed by atoms with Crippen molar-refractivity contribution in [3.8, 4) is 17.3 Å². The molecule has 2 aromatic heterocycles. The van der Waals surface area contributed by atoms with Gasteiger partial charge in [0.2, 0.25) is 0 Å². The molecule has 0 saturated carbocycles. The predicted octanol–water partition coefficient (Wildman–Crippen LogP) is 2.77. The molecule has 1 unspecified atom stereocenters. The first-order valence-electron chi connectivity index (χ1n) is 8.33. The number of hydrogen-bond donors (Lipinski definition) is 0. The third-order valence-corrected chi connectivity index (χ3v) is 4.65.